The molecule has 154 valence electrons. The number of hydrogen-bond acceptors (Lipinski definition) is 6. The Kier molecular flexibility index (Phi) is 6.37. The number of rotatable bonds is 1. The molecule has 3 aromatic rings. The van der Waals surface area contributed by atoms with Crippen LogP contribution < -0.4 is 10.1 Å². The Morgan fingerprint density at radius 2 is 2.03 bits per heavy atom. The number of ether oxygens (including phenoxy) is 2. The number of benzene rings is 2. The maximum Gasteiger partial charge on any atom is 0.227 e. The molecule has 0 radical (unpaired) electrons. The molecule has 1 N–H and O–H groups in total. The highest BCUT2D eigenvalue weighted by Crippen LogP contribution is 2.27. The lowest BCUT2D eigenvalue weighted by Gasteiger charge is -2.18. The van der Waals surface area contributed by atoms with Gasteiger partial charge in [-0.05, 0) is 49.0 Å². The number of methoxy groups -OCH3 is 1. The summed E-state index contributed by atoms with van der Waals surface area (Å²) < 4.78 is 11.4. The third-order valence-corrected chi connectivity index (χ3v) is 4.92. The second-order valence-corrected chi connectivity index (χ2v) is 7.30. The van der Waals surface area contributed by atoms with E-state index >= 15 is 0 Å². The smallest absolute Gasteiger partial charge is 0.227 e. The molecular weight excluding hydrogens is 376 g/mol. The molecule has 0 saturated carbocycles. The predicted octanol–water partition coefficient (Wildman–Crippen LogP) is 4.41. The SMILES string of the molecule is COc1ccc2cc1CN(C)CC=CCOCc1cccc(c1)Nc1nccc-2n1. The van der Waals surface area contributed by atoms with Gasteiger partial charge in [-0.3, -0.25) is 4.90 Å². The average Bonchev–Trinajstić information content (AvgIpc) is 2.76. The molecule has 4 rings (SSSR count). The minimum Gasteiger partial charge on any atom is -0.496 e. The summed E-state index contributed by atoms with van der Waals surface area (Å²) in [6.45, 7) is 2.73. The molecule has 0 aliphatic carbocycles. The first kappa shape index (κ1) is 20.1. The molecule has 30 heavy (non-hydrogen) atoms. The van der Waals surface area contributed by atoms with Crippen LogP contribution in [-0.4, -0.2) is 42.2 Å². The molecule has 0 atom stereocenters. The zero-order valence-corrected chi connectivity index (χ0v) is 17.3. The standard InChI is InChI=1S/C24H26N4O2/c1-28-12-3-4-13-30-17-18-6-5-7-21(14-18)26-24-25-11-10-22(27-24)19-8-9-23(29-2)20(15-19)16-28/h3-11,14-15H,12-13,16-17H2,1-2H3,(H,25,26,27). The van der Waals surface area contributed by atoms with Crippen LogP contribution in [0, 0.1) is 0 Å². The molecule has 6 nitrogen and oxygen atoms in total. The van der Waals surface area contributed by atoms with Crippen molar-refractivity contribution in [3.63, 3.8) is 0 Å². The number of nitrogens with zero attached hydrogens (tertiary/aromatic N) is 3. The van der Waals surface area contributed by atoms with E-state index < -0.39 is 0 Å². The van der Waals surface area contributed by atoms with Crippen LogP contribution in [0.4, 0.5) is 11.6 Å². The fraction of sp³-hybridized carbons (Fsp3) is 0.250. The summed E-state index contributed by atoms with van der Waals surface area (Å²) in [5, 5.41) is 3.30. The highest BCUT2D eigenvalue weighted by atomic mass is 16.5. The molecule has 2 heterocycles. The van der Waals surface area contributed by atoms with E-state index in [0.717, 1.165) is 46.9 Å². The second-order valence-electron chi connectivity index (χ2n) is 7.30. The Morgan fingerprint density at radius 3 is 2.93 bits per heavy atom. The van der Waals surface area contributed by atoms with Crippen LogP contribution in [0.2, 0.25) is 0 Å². The first-order valence-corrected chi connectivity index (χ1v) is 9.99. The minimum absolute atomic E-state index is 0.554. The zero-order valence-electron chi connectivity index (χ0n) is 17.3. The van der Waals surface area contributed by atoms with Crippen molar-refractivity contribution in [1.29, 1.82) is 0 Å². The molecule has 1 aliphatic heterocycles. The summed E-state index contributed by atoms with van der Waals surface area (Å²) in [5.74, 6) is 1.43. The van der Waals surface area contributed by atoms with Crippen molar-refractivity contribution < 1.29 is 9.47 Å². The quantitative estimate of drug-likeness (QED) is 0.609. The van der Waals surface area contributed by atoms with Gasteiger partial charge in [0, 0.05) is 36.1 Å². The summed E-state index contributed by atoms with van der Waals surface area (Å²) in [5.41, 5.74) is 5.04. The van der Waals surface area contributed by atoms with E-state index in [-0.39, 0.29) is 0 Å². The van der Waals surface area contributed by atoms with Crippen molar-refractivity contribution in [2.45, 2.75) is 13.2 Å². The molecule has 1 aliphatic rings. The molecule has 0 saturated heterocycles. The van der Waals surface area contributed by atoms with Crippen LogP contribution in [0.15, 0.2) is 66.9 Å². The third-order valence-electron chi connectivity index (χ3n) is 4.92. The van der Waals surface area contributed by atoms with E-state index in [1.807, 2.05) is 30.3 Å². The topological polar surface area (TPSA) is 59.5 Å². The van der Waals surface area contributed by atoms with E-state index in [4.69, 9.17) is 14.5 Å². The summed E-state index contributed by atoms with van der Waals surface area (Å²) in [7, 11) is 3.79. The number of hydrogen-bond donors (Lipinski definition) is 1. The number of likely N-dealkylation sites (N-methyl/N-ethyl adjacent to an activating group) is 1. The molecule has 0 spiro atoms. The Balaban J connectivity index is 1.71. The Bertz CT molecular complexity index is 1040. The van der Waals surface area contributed by atoms with Gasteiger partial charge in [0.15, 0.2) is 0 Å². The number of nitrogens with one attached hydrogen (secondary N) is 1. The van der Waals surface area contributed by atoms with Crippen LogP contribution in [0.5, 0.6) is 5.75 Å². The van der Waals surface area contributed by atoms with E-state index in [9.17, 15) is 0 Å². The van der Waals surface area contributed by atoms with Gasteiger partial charge in [-0.1, -0.05) is 24.3 Å². The van der Waals surface area contributed by atoms with Crippen molar-refractivity contribution in [3.8, 4) is 17.0 Å². The minimum atomic E-state index is 0.554. The lowest BCUT2D eigenvalue weighted by atomic mass is 10.1. The summed E-state index contributed by atoms with van der Waals surface area (Å²) in [6.07, 6.45) is 5.97. The monoisotopic (exact) mass is 402 g/mol. The first-order chi connectivity index (χ1) is 14.7. The van der Waals surface area contributed by atoms with Crippen LogP contribution >= 0.6 is 0 Å². The van der Waals surface area contributed by atoms with Gasteiger partial charge in [-0.2, -0.15) is 0 Å². The van der Waals surface area contributed by atoms with E-state index in [0.29, 0.717) is 19.2 Å². The van der Waals surface area contributed by atoms with Gasteiger partial charge >= 0.3 is 0 Å². The second kappa shape index (κ2) is 9.52. The summed E-state index contributed by atoms with van der Waals surface area (Å²) >= 11 is 0. The zero-order chi connectivity index (χ0) is 20.8. The van der Waals surface area contributed by atoms with Gasteiger partial charge in [-0.15, -0.1) is 0 Å². The van der Waals surface area contributed by atoms with Gasteiger partial charge in [-0.25, -0.2) is 9.97 Å². The fourth-order valence-corrected chi connectivity index (χ4v) is 3.43. The third kappa shape index (κ3) is 5.03. The van der Waals surface area contributed by atoms with Crippen LogP contribution in [0.3, 0.4) is 0 Å². The van der Waals surface area contributed by atoms with E-state index in [2.05, 4.69) is 52.6 Å². The molecule has 0 fully saturated rings. The average molecular weight is 402 g/mol. The maximum absolute atomic E-state index is 5.78. The fourth-order valence-electron chi connectivity index (χ4n) is 3.43. The van der Waals surface area contributed by atoms with Gasteiger partial charge in [0.25, 0.3) is 0 Å². The summed E-state index contributed by atoms with van der Waals surface area (Å²) in [4.78, 5) is 11.3. The first-order valence-electron chi connectivity index (χ1n) is 9.99. The lowest BCUT2D eigenvalue weighted by Crippen LogP contribution is -2.18. The van der Waals surface area contributed by atoms with Crippen molar-refractivity contribution >= 4 is 11.6 Å². The molecular formula is C24H26N4O2. The molecule has 6 heteroatoms. The molecule has 1 aromatic heterocycles. The van der Waals surface area contributed by atoms with Crippen LogP contribution in [-0.2, 0) is 17.9 Å². The lowest BCUT2D eigenvalue weighted by molar-refractivity contribution is 0.148. The number of aromatic nitrogens is 2. The van der Waals surface area contributed by atoms with Crippen molar-refractivity contribution in [2.75, 3.05) is 32.6 Å². The molecule has 6 bridgehead atoms. The van der Waals surface area contributed by atoms with Crippen LogP contribution in [0.1, 0.15) is 11.1 Å². The van der Waals surface area contributed by atoms with Crippen molar-refractivity contribution in [3.05, 3.63) is 78.0 Å². The van der Waals surface area contributed by atoms with Gasteiger partial charge in [0.05, 0.1) is 26.0 Å². The highest BCUT2D eigenvalue weighted by molar-refractivity contribution is 5.64. The normalized spacial score (nSPS) is 15.0. The Morgan fingerprint density at radius 1 is 1.10 bits per heavy atom. The molecule has 0 amide bonds. The van der Waals surface area contributed by atoms with Crippen molar-refractivity contribution in [1.82, 2.24) is 14.9 Å². The number of anilines is 2. The Labute approximate surface area is 177 Å². The number of fused-ring (bicyclic) bond motifs is 7. The van der Waals surface area contributed by atoms with Gasteiger partial charge in [0.1, 0.15) is 5.75 Å². The molecule has 0 unspecified atom stereocenters. The summed E-state index contributed by atoms with van der Waals surface area (Å²) in [6, 6.07) is 16.2. The highest BCUT2D eigenvalue weighted by Gasteiger charge is 2.10. The van der Waals surface area contributed by atoms with Gasteiger partial charge < -0.3 is 14.8 Å². The van der Waals surface area contributed by atoms with E-state index in [1.54, 1.807) is 13.3 Å². The largest absolute Gasteiger partial charge is 0.496 e. The van der Waals surface area contributed by atoms with Gasteiger partial charge in [0.2, 0.25) is 5.95 Å². The maximum atomic E-state index is 5.78. The van der Waals surface area contributed by atoms with Crippen LogP contribution in [0.25, 0.3) is 11.3 Å². The molecule has 2 aromatic carbocycles. The van der Waals surface area contributed by atoms with Crippen molar-refractivity contribution in [2.24, 2.45) is 0 Å². The predicted molar refractivity (Wildman–Crippen MR) is 119 cm³/mol. The Hall–Kier alpha value is -3.22. The van der Waals surface area contributed by atoms with E-state index in [1.165, 1.54) is 0 Å².